The van der Waals surface area contributed by atoms with Crippen LogP contribution in [0.1, 0.15) is 0 Å². The van der Waals surface area contributed by atoms with Crippen molar-refractivity contribution in [3.8, 4) is 0 Å². The largest absolute Gasteiger partial charge is 0.467 e. The summed E-state index contributed by atoms with van der Waals surface area (Å²) in [5.41, 5.74) is 0. The predicted molar refractivity (Wildman–Crippen MR) is 34.8 cm³/mol. The number of carbonyl (C=O) groups is 2. The van der Waals surface area contributed by atoms with Crippen LogP contribution < -0.4 is 5.32 Å². The number of methoxy groups -OCH3 is 1. The third-order valence-electron chi connectivity index (χ3n) is 1.34. The van der Waals surface area contributed by atoms with Gasteiger partial charge in [-0.2, -0.15) is 0 Å². The van der Waals surface area contributed by atoms with Crippen molar-refractivity contribution >= 4 is 11.9 Å². The second-order valence-corrected chi connectivity index (χ2v) is 2.16. The van der Waals surface area contributed by atoms with Gasteiger partial charge in [-0.3, -0.25) is 4.79 Å². The molecule has 0 spiro atoms. The van der Waals surface area contributed by atoms with Gasteiger partial charge in [-0.1, -0.05) is 0 Å². The molecule has 0 aliphatic carbocycles. The van der Waals surface area contributed by atoms with E-state index in [0.717, 1.165) is 0 Å². The van der Waals surface area contributed by atoms with Crippen LogP contribution in [0.2, 0.25) is 0 Å². The van der Waals surface area contributed by atoms with E-state index < -0.39 is 12.0 Å². The van der Waals surface area contributed by atoms with Crippen LogP contribution in [0.25, 0.3) is 0 Å². The molecule has 5 heteroatoms. The van der Waals surface area contributed by atoms with E-state index in [0.29, 0.717) is 0 Å². The SMILES string of the molecule is COC(=O)[C@@H]1COCC(=O)N1. The zero-order chi connectivity index (χ0) is 8.27. The molecule has 0 aromatic rings. The van der Waals surface area contributed by atoms with E-state index in [1.54, 1.807) is 0 Å². The summed E-state index contributed by atoms with van der Waals surface area (Å²) in [6, 6.07) is -0.638. The molecule has 1 atom stereocenters. The number of esters is 1. The predicted octanol–water partition coefficient (Wildman–Crippen LogP) is -1.33. The number of hydrogen-bond acceptors (Lipinski definition) is 4. The van der Waals surface area contributed by atoms with E-state index in [1.165, 1.54) is 7.11 Å². The van der Waals surface area contributed by atoms with Crippen LogP contribution in [0.15, 0.2) is 0 Å². The van der Waals surface area contributed by atoms with Crippen LogP contribution in [0.3, 0.4) is 0 Å². The summed E-state index contributed by atoms with van der Waals surface area (Å²) >= 11 is 0. The average molecular weight is 159 g/mol. The maximum absolute atomic E-state index is 10.8. The molecular formula is C6H9NO4. The van der Waals surface area contributed by atoms with Crippen molar-refractivity contribution in [2.45, 2.75) is 6.04 Å². The monoisotopic (exact) mass is 159 g/mol. The Kier molecular flexibility index (Phi) is 2.43. The molecule has 0 saturated carbocycles. The lowest BCUT2D eigenvalue weighted by atomic mass is 10.3. The third-order valence-corrected chi connectivity index (χ3v) is 1.34. The van der Waals surface area contributed by atoms with E-state index in [4.69, 9.17) is 4.74 Å². The summed E-state index contributed by atoms with van der Waals surface area (Å²) in [5, 5.41) is 2.43. The molecule has 1 fully saturated rings. The Bertz CT molecular complexity index is 179. The minimum atomic E-state index is -0.638. The molecular weight excluding hydrogens is 150 g/mol. The molecule has 1 amide bonds. The lowest BCUT2D eigenvalue weighted by molar-refractivity contribution is -0.151. The fourth-order valence-electron chi connectivity index (χ4n) is 0.816. The smallest absolute Gasteiger partial charge is 0.330 e. The maximum atomic E-state index is 10.8. The van der Waals surface area contributed by atoms with E-state index in [-0.39, 0.29) is 19.1 Å². The molecule has 0 unspecified atom stereocenters. The molecule has 1 aliphatic rings. The van der Waals surface area contributed by atoms with Crippen LogP contribution in [0.5, 0.6) is 0 Å². The molecule has 62 valence electrons. The van der Waals surface area contributed by atoms with Gasteiger partial charge in [-0.15, -0.1) is 0 Å². The van der Waals surface area contributed by atoms with Gasteiger partial charge in [0, 0.05) is 0 Å². The van der Waals surface area contributed by atoms with Gasteiger partial charge in [0.15, 0.2) is 6.04 Å². The van der Waals surface area contributed by atoms with Gasteiger partial charge in [0.05, 0.1) is 13.7 Å². The van der Waals surface area contributed by atoms with Gasteiger partial charge in [-0.25, -0.2) is 4.79 Å². The third kappa shape index (κ3) is 1.91. The second-order valence-electron chi connectivity index (χ2n) is 2.16. The highest BCUT2D eigenvalue weighted by atomic mass is 16.5. The first kappa shape index (κ1) is 8.00. The zero-order valence-corrected chi connectivity index (χ0v) is 6.12. The molecule has 1 rings (SSSR count). The van der Waals surface area contributed by atoms with Crippen molar-refractivity contribution in [1.82, 2.24) is 5.32 Å². The first-order valence-corrected chi connectivity index (χ1v) is 3.19. The van der Waals surface area contributed by atoms with Crippen LogP contribution in [0.4, 0.5) is 0 Å². The molecule has 0 aromatic carbocycles. The average Bonchev–Trinajstić information content (AvgIpc) is 2.03. The van der Waals surface area contributed by atoms with E-state index in [2.05, 4.69) is 10.1 Å². The van der Waals surface area contributed by atoms with Crippen molar-refractivity contribution in [3.05, 3.63) is 0 Å². The Balaban J connectivity index is 2.45. The van der Waals surface area contributed by atoms with Crippen LogP contribution in [-0.2, 0) is 19.1 Å². The molecule has 1 N–H and O–H groups in total. The molecule has 1 aliphatic heterocycles. The van der Waals surface area contributed by atoms with Crippen molar-refractivity contribution in [2.24, 2.45) is 0 Å². The number of hydrogen-bond donors (Lipinski definition) is 1. The number of morpholine rings is 1. The Morgan fingerprint density at radius 2 is 2.55 bits per heavy atom. The quantitative estimate of drug-likeness (QED) is 0.482. The molecule has 1 saturated heterocycles. The minimum absolute atomic E-state index is 0.0213. The molecule has 11 heavy (non-hydrogen) atoms. The summed E-state index contributed by atoms with van der Waals surface area (Å²) in [6.45, 7) is 0.214. The lowest BCUT2D eigenvalue weighted by Gasteiger charge is -2.20. The Hall–Kier alpha value is -1.10. The standard InChI is InChI=1S/C6H9NO4/c1-10-6(9)4-2-11-3-5(8)7-4/h4H,2-3H2,1H3,(H,7,8)/t4-/m0/s1. The van der Waals surface area contributed by atoms with E-state index >= 15 is 0 Å². The van der Waals surface area contributed by atoms with Gasteiger partial charge in [0.1, 0.15) is 6.61 Å². The van der Waals surface area contributed by atoms with Crippen LogP contribution >= 0.6 is 0 Å². The number of ether oxygens (including phenoxy) is 2. The van der Waals surface area contributed by atoms with Gasteiger partial charge in [-0.05, 0) is 0 Å². The molecule has 5 nitrogen and oxygen atoms in total. The molecule has 1 heterocycles. The van der Waals surface area contributed by atoms with Crippen LogP contribution in [-0.4, -0.2) is 38.2 Å². The fraction of sp³-hybridized carbons (Fsp3) is 0.667. The van der Waals surface area contributed by atoms with Gasteiger partial charge in [0.25, 0.3) is 0 Å². The van der Waals surface area contributed by atoms with Gasteiger partial charge < -0.3 is 14.8 Å². The summed E-state index contributed by atoms with van der Waals surface area (Å²) in [6.07, 6.45) is 0. The molecule has 0 aromatic heterocycles. The summed E-state index contributed by atoms with van der Waals surface area (Å²) in [5.74, 6) is -0.760. The topological polar surface area (TPSA) is 64.6 Å². The lowest BCUT2D eigenvalue weighted by Crippen LogP contribution is -2.50. The van der Waals surface area contributed by atoms with Gasteiger partial charge >= 0.3 is 5.97 Å². The van der Waals surface area contributed by atoms with Crippen molar-refractivity contribution in [1.29, 1.82) is 0 Å². The highest BCUT2D eigenvalue weighted by Crippen LogP contribution is 1.95. The highest BCUT2D eigenvalue weighted by Gasteiger charge is 2.25. The summed E-state index contributed by atoms with van der Waals surface area (Å²) < 4.78 is 9.21. The Labute approximate surface area is 63.7 Å². The number of amides is 1. The minimum Gasteiger partial charge on any atom is -0.467 e. The second kappa shape index (κ2) is 3.34. The van der Waals surface area contributed by atoms with Crippen molar-refractivity contribution in [2.75, 3.05) is 20.3 Å². The number of nitrogens with one attached hydrogen (secondary N) is 1. The number of carbonyl (C=O) groups excluding carboxylic acids is 2. The Morgan fingerprint density at radius 3 is 3.09 bits per heavy atom. The van der Waals surface area contributed by atoms with Gasteiger partial charge in [0.2, 0.25) is 5.91 Å². The van der Waals surface area contributed by atoms with Crippen molar-refractivity contribution in [3.63, 3.8) is 0 Å². The van der Waals surface area contributed by atoms with Crippen molar-refractivity contribution < 1.29 is 19.1 Å². The zero-order valence-electron chi connectivity index (χ0n) is 6.12. The molecule has 0 radical (unpaired) electrons. The normalized spacial score (nSPS) is 24.1. The van der Waals surface area contributed by atoms with Crippen LogP contribution in [0, 0.1) is 0 Å². The first-order chi connectivity index (χ1) is 5.24. The van der Waals surface area contributed by atoms with E-state index in [1.807, 2.05) is 0 Å². The fourth-order valence-corrected chi connectivity index (χ4v) is 0.816. The van der Waals surface area contributed by atoms with E-state index in [9.17, 15) is 9.59 Å². The maximum Gasteiger partial charge on any atom is 0.330 e. The summed E-state index contributed by atoms with van der Waals surface area (Å²) in [4.78, 5) is 21.4. The Morgan fingerprint density at radius 1 is 1.82 bits per heavy atom. The summed E-state index contributed by atoms with van der Waals surface area (Å²) in [7, 11) is 1.27. The number of rotatable bonds is 1. The molecule has 0 bridgehead atoms. The highest BCUT2D eigenvalue weighted by molar-refractivity contribution is 5.86. The first-order valence-electron chi connectivity index (χ1n) is 3.19.